The zero-order chi connectivity index (χ0) is 11.1. The van der Waals surface area contributed by atoms with Crippen molar-refractivity contribution in [2.24, 2.45) is 17.3 Å². The summed E-state index contributed by atoms with van der Waals surface area (Å²) in [5, 5.41) is 0. The third-order valence-electron chi connectivity index (χ3n) is 4.44. The zero-order valence-corrected chi connectivity index (χ0v) is 10.2. The van der Waals surface area contributed by atoms with E-state index in [1.165, 1.54) is 19.3 Å². The van der Waals surface area contributed by atoms with Crippen molar-refractivity contribution < 1.29 is 4.79 Å². The molecule has 15 heavy (non-hydrogen) atoms. The summed E-state index contributed by atoms with van der Waals surface area (Å²) in [6.45, 7) is 6.49. The zero-order valence-electron chi connectivity index (χ0n) is 10.2. The SMILES string of the molecule is CC(=O)C1CC=C2CCCC(C)(C)C2C1. The van der Waals surface area contributed by atoms with Crippen molar-refractivity contribution in [3.63, 3.8) is 0 Å². The number of ketones is 1. The molecule has 1 fully saturated rings. The van der Waals surface area contributed by atoms with Gasteiger partial charge in [0.05, 0.1) is 0 Å². The average Bonchev–Trinajstić information content (AvgIpc) is 2.17. The van der Waals surface area contributed by atoms with Crippen molar-refractivity contribution in [3.05, 3.63) is 11.6 Å². The maximum Gasteiger partial charge on any atom is 0.133 e. The first-order valence-corrected chi connectivity index (χ1v) is 6.20. The standard InChI is InChI=1S/C14H22O/c1-10(15)12-7-6-11-5-4-8-14(2,3)13(11)9-12/h6,12-13H,4-5,7-9H2,1-3H3. The molecule has 2 atom stereocenters. The predicted molar refractivity (Wildman–Crippen MR) is 62.6 cm³/mol. The van der Waals surface area contributed by atoms with E-state index in [0.717, 1.165) is 12.8 Å². The molecule has 2 aliphatic carbocycles. The first kappa shape index (κ1) is 10.9. The molecule has 0 N–H and O–H groups in total. The normalized spacial score (nSPS) is 34.2. The Bertz CT molecular complexity index is 298. The molecular formula is C14H22O. The molecule has 0 radical (unpaired) electrons. The van der Waals surface area contributed by atoms with Crippen LogP contribution in [0.2, 0.25) is 0 Å². The lowest BCUT2D eigenvalue weighted by molar-refractivity contribution is -0.121. The first-order valence-electron chi connectivity index (χ1n) is 6.20. The third kappa shape index (κ3) is 2.02. The molecule has 2 unspecified atom stereocenters. The van der Waals surface area contributed by atoms with Crippen LogP contribution >= 0.6 is 0 Å². The number of allylic oxidation sites excluding steroid dienone is 2. The van der Waals surface area contributed by atoms with E-state index in [9.17, 15) is 4.79 Å². The fourth-order valence-corrected chi connectivity index (χ4v) is 3.32. The molecule has 0 saturated heterocycles. The fraction of sp³-hybridized carbons (Fsp3) is 0.786. The van der Waals surface area contributed by atoms with Gasteiger partial charge in [0.1, 0.15) is 5.78 Å². The number of fused-ring (bicyclic) bond motifs is 1. The van der Waals surface area contributed by atoms with Crippen LogP contribution in [0, 0.1) is 17.3 Å². The van der Waals surface area contributed by atoms with Crippen LogP contribution in [0.4, 0.5) is 0 Å². The van der Waals surface area contributed by atoms with Gasteiger partial charge < -0.3 is 0 Å². The van der Waals surface area contributed by atoms with Crippen LogP contribution in [0.1, 0.15) is 52.9 Å². The number of hydrogen-bond acceptors (Lipinski definition) is 1. The molecule has 84 valence electrons. The summed E-state index contributed by atoms with van der Waals surface area (Å²) in [7, 11) is 0. The summed E-state index contributed by atoms with van der Waals surface area (Å²) in [6, 6.07) is 0. The van der Waals surface area contributed by atoms with Crippen LogP contribution in [-0.4, -0.2) is 5.78 Å². The van der Waals surface area contributed by atoms with Crippen molar-refractivity contribution >= 4 is 5.78 Å². The molecule has 1 heteroatoms. The highest BCUT2D eigenvalue weighted by molar-refractivity contribution is 5.78. The Morgan fingerprint density at radius 1 is 1.47 bits per heavy atom. The minimum absolute atomic E-state index is 0.302. The summed E-state index contributed by atoms with van der Waals surface area (Å²) in [6.07, 6.45) is 8.39. The van der Waals surface area contributed by atoms with Gasteiger partial charge in [0.25, 0.3) is 0 Å². The average molecular weight is 206 g/mol. The Labute approximate surface area is 92.9 Å². The lowest BCUT2D eigenvalue weighted by Crippen LogP contribution is -2.34. The molecule has 2 rings (SSSR count). The van der Waals surface area contributed by atoms with Gasteiger partial charge in [-0.3, -0.25) is 4.79 Å². The predicted octanol–water partition coefficient (Wildman–Crippen LogP) is 3.74. The highest BCUT2D eigenvalue weighted by Gasteiger charge is 2.39. The second-order valence-electron chi connectivity index (χ2n) is 5.95. The molecule has 0 heterocycles. The first-order chi connectivity index (χ1) is 7.00. The van der Waals surface area contributed by atoms with Crippen molar-refractivity contribution in [1.82, 2.24) is 0 Å². The van der Waals surface area contributed by atoms with E-state index in [2.05, 4.69) is 19.9 Å². The molecule has 2 aliphatic rings. The summed E-state index contributed by atoms with van der Waals surface area (Å²) in [4.78, 5) is 11.5. The second kappa shape index (κ2) is 3.77. The molecular weight excluding hydrogens is 184 g/mol. The molecule has 1 nitrogen and oxygen atoms in total. The summed E-state index contributed by atoms with van der Waals surface area (Å²) >= 11 is 0. The molecule has 0 bridgehead atoms. The van der Waals surface area contributed by atoms with E-state index in [-0.39, 0.29) is 0 Å². The maximum absolute atomic E-state index is 11.5. The second-order valence-corrected chi connectivity index (χ2v) is 5.95. The smallest absolute Gasteiger partial charge is 0.133 e. The van der Waals surface area contributed by atoms with Crippen LogP contribution in [0.3, 0.4) is 0 Å². The molecule has 0 spiro atoms. The number of carbonyl (C=O) groups excluding carboxylic acids is 1. The monoisotopic (exact) mass is 206 g/mol. The third-order valence-corrected chi connectivity index (χ3v) is 4.44. The van der Waals surface area contributed by atoms with Gasteiger partial charge >= 0.3 is 0 Å². The van der Waals surface area contributed by atoms with E-state index in [1.54, 1.807) is 12.5 Å². The summed E-state index contributed by atoms with van der Waals surface area (Å²) < 4.78 is 0. The van der Waals surface area contributed by atoms with Gasteiger partial charge in [-0.1, -0.05) is 25.5 Å². The lowest BCUT2D eigenvalue weighted by Gasteiger charge is -2.44. The number of Topliss-reactive ketones (excluding diaryl/α,β-unsaturated/α-hetero) is 1. The topological polar surface area (TPSA) is 17.1 Å². The maximum atomic E-state index is 11.5. The molecule has 0 aromatic heterocycles. The molecule has 0 aromatic rings. The van der Waals surface area contributed by atoms with E-state index in [4.69, 9.17) is 0 Å². The molecule has 0 aliphatic heterocycles. The minimum Gasteiger partial charge on any atom is -0.300 e. The lowest BCUT2D eigenvalue weighted by atomic mass is 9.61. The molecule has 0 aromatic carbocycles. The van der Waals surface area contributed by atoms with E-state index in [1.807, 2.05) is 0 Å². The van der Waals surface area contributed by atoms with Gasteiger partial charge in [-0.05, 0) is 50.4 Å². The van der Waals surface area contributed by atoms with Gasteiger partial charge in [0.15, 0.2) is 0 Å². The van der Waals surface area contributed by atoms with Crippen molar-refractivity contribution in [3.8, 4) is 0 Å². The van der Waals surface area contributed by atoms with Crippen molar-refractivity contribution in [2.45, 2.75) is 52.9 Å². The molecule has 0 amide bonds. The highest BCUT2D eigenvalue weighted by Crippen LogP contribution is 2.49. The number of rotatable bonds is 1. The number of hydrogen-bond donors (Lipinski definition) is 0. The van der Waals surface area contributed by atoms with Gasteiger partial charge in [0, 0.05) is 5.92 Å². The van der Waals surface area contributed by atoms with Gasteiger partial charge in [-0.2, -0.15) is 0 Å². The Morgan fingerprint density at radius 2 is 2.20 bits per heavy atom. The highest BCUT2D eigenvalue weighted by atomic mass is 16.1. The van der Waals surface area contributed by atoms with E-state index < -0.39 is 0 Å². The largest absolute Gasteiger partial charge is 0.300 e. The van der Waals surface area contributed by atoms with Gasteiger partial charge in [0.2, 0.25) is 0 Å². The van der Waals surface area contributed by atoms with Crippen LogP contribution < -0.4 is 0 Å². The van der Waals surface area contributed by atoms with Crippen LogP contribution in [0.15, 0.2) is 11.6 Å². The number of carbonyl (C=O) groups is 1. The fourth-order valence-electron chi connectivity index (χ4n) is 3.32. The Kier molecular flexibility index (Phi) is 2.74. The molecule has 1 saturated carbocycles. The van der Waals surface area contributed by atoms with Crippen molar-refractivity contribution in [1.29, 1.82) is 0 Å². The van der Waals surface area contributed by atoms with Crippen LogP contribution in [-0.2, 0) is 4.79 Å². The van der Waals surface area contributed by atoms with Crippen LogP contribution in [0.5, 0.6) is 0 Å². The Hall–Kier alpha value is -0.590. The van der Waals surface area contributed by atoms with E-state index in [0.29, 0.717) is 23.0 Å². The summed E-state index contributed by atoms with van der Waals surface area (Å²) in [5.74, 6) is 1.36. The van der Waals surface area contributed by atoms with Gasteiger partial charge in [-0.25, -0.2) is 0 Å². The minimum atomic E-state index is 0.302. The van der Waals surface area contributed by atoms with Crippen molar-refractivity contribution in [2.75, 3.05) is 0 Å². The quantitative estimate of drug-likeness (QED) is 0.597. The Morgan fingerprint density at radius 3 is 2.87 bits per heavy atom. The Balaban J connectivity index is 2.21. The summed E-state index contributed by atoms with van der Waals surface area (Å²) in [5.41, 5.74) is 2.06. The van der Waals surface area contributed by atoms with Gasteiger partial charge in [-0.15, -0.1) is 0 Å². The van der Waals surface area contributed by atoms with E-state index >= 15 is 0 Å². The van der Waals surface area contributed by atoms with Crippen LogP contribution in [0.25, 0.3) is 0 Å².